The Hall–Kier alpha value is -1.19. The Bertz CT molecular complexity index is 580. The lowest BCUT2D eigenvalue weighted by Crippen LogP contribution is -2.47. The summed E-state index contributed by atoms with van der Waals surface area (Å²) in [4.78, 5) is 4.45. The summed E-state index contributed by atoms with van der Waals surface area (Å²) in [5.41, 5.74) is 10.4. The molecule has 0 amide bonds. The van der Waals surface area contributed by atoms with Gasteiger partial charge in [0.05, 0.1) is 0 Å². The van der Waals surface area contributed by atoms with Crippen molar-refractivity contribution in [3.63, 3.8) is 0 Å². The van der Waals surface area contributed by atoms with Gasteiger partial charge in [-0.25, -0.2) is 0 Å². The molecule has 0 aliphatic heterocycles. The minimum absolute atomic E-state index is 0.158. The first-order valence-corrected chi connectivity index (χ1v) is 7.40. The Morgan fingerprint density at radius 1 is 1.16 bits per heavy atom. The molecular formula is C16H17BrN2. The number of pyridine rings is 1. The summed E-state index contributed by atoms with van der Waals surface area (Å²) in [5.74, 6) is 0. The average Bonchev–Trinajstić information content (AvgIpc) is 2.41. The summed E-state index contributed by atoms with van der Waals surface area (Å²) in [6.07, 6.45) is 5.73. The van der Waals surface area contributed by atoms with Gasteiger partial charge in [0.25, 0.3) is 0 Å². The smallest absolute Gasteiger partial charge is 0.0422 e. The van der Waals surface area contributed by atoms with Gasteiger partial charge in [-0.05, 0) is 58.5 Å². The van der Waals surface area contributed by atoms with Crippen LogP contribution in [0.5, 0.6) is 0 Å². The number of fused-ring (bicyclic) bond motifs is 1. The van der Waals surface area contributed by atoms with E-state index >= 15 is 0 Å². The second-order valence-electron chi connectivity index (χ2n) is 5.45. The lowest BCUT2D eigenvalue weighted by Gasteiger charge is -2.34. The zero-order valence-corrected chi connectivity index (χ0v) is 12.4. The van der Waals surface area contributed by atoms with Crippen molar-refractivity contribution in [1.82, 2.24) is 4.98 Å². The van der Waals surface area contributed by atoms with E-state index in [0.29, 0.717) is 0 Å². The lowest BCUT2D eigenvalue weighted by atomic mass is 9.76. The molecule has 0 fully saturated rings. The number of hydrogen-bond donors (Lipinski definition) is 1. The van der Waals surface area contributed by atoms with Crippen molar-refractivity contribution in [3.05, 3.63) is 63.9 Å². The van der Waals surface area contributed by atoms with Crippen molar-refractivity contribution in [3.8, 4) is 0 Å². The van der Waals surface area contributed by atoms with Gasteiger partial charge in [0.2, 0.25) is 0 Å². The van der Waals surface area contributed by atoms with E-state index in [1.54, 1.807) is 0 Å². The molecule has 19 heavy (non-hydrogen) atoms. The number of benzene rings is 1. The van der Waals surface area contributed by atoms with Gasteiger partial charge in [0.15, 0.2) is 0 Å². The van der Waals surface area contributed by atoms with Crippen LogP contribution in [0.2, 0.25) is 0 Å². The zero-order valence-electron chi connectivity index (χ0n) is 10.8. The fourth-order valence-electron chi connectivity index (χ4n) is 2.85. The summed E-state index contributed by atoms with van der Waals surface area (Å²) in [6.45, 7) is 0. The molecule has 0 bridgehead atoms. The van der Waals surface area contributed by atoms with Crippen LogP contribution in [-0.2, 0) is 19.3 Å². The molecule has 1 aliphatic carbocycles. The van der Waals surface area contributed by atoms with Crippen LogP contribution in [0, 0.1) is 0 Å². The van der Waals surface area contributed by atoms with Crippen LogP contribution in [0.3, 0.4) is 0 Å². The maximum atomic E-state index is 6.59. The standard InChI is InChI=1S/C16H17BrN2/c17-14-5-6-15(19-11-14)10-16(18)8-7-12-3-1-2-4-13(12)9-16/h1-6,11H,7-10,18H2. The monoisotopic (exact) mass is 316 g/mol. The topological polar surface area (TPSA) is 38.9 Å². The van der Waals surface area contributed by atoms with Gasteiger partial charge in [-0.1, -0.05) is 24.3 Å². The van der Waals surface area contributed by atoms with E-state index in [-0.39, 0.29) is 5.54 Å². The largest absolute Gasteiger partial charge is 0.324 e. The lowest BCUT2D eigenvalue weighted by molar-refractivity contribution is 0.366. The van der Waals surface area contributed by atoms with Crippen LogP contribution in [0.25, 0.3) is 0 Å². The molecule has 0 radical (unpaired) electrons. The van der Waals surface area contributed by atoms with Gasteiger partial charge in [-0.3, -0.25) is 4.98 Å². The summed E-state index contributed by atoms with van der Waals surface area (Å²) < 4.78 is 1.01. The van der Waals surface area contributed by atoms with Crippen LogP contribution < -0.4 is 5.73 Å². The van der Waals surface area contributed by atoms with Crippen LogP contribution >= 0.6 is 15.9 Å². The maximum Gasteiger partial charge on any atom is 0.0422 e. The van der Waals surface area contributed by atoms with Crippen molar-refractivity contribution >= 4 is 15.9 Å². The van der Waals surface area contributed by atoms with E-state index < -0.39 is 0 Å². The van der Waals surface area contributed by atoms with Crippen molar-refractivity contribution in [2.75, 3.05) is 0 Å². The van der Waals surface area contributed by atoms with Crippen LogP contribution in [0.4, 0.5) is 0 Å². The second kappa shape index (κ2) is 5.06. The molecule has 2 N–H and O–H groups in total. The Kier molecular flexibility index (Phi) is 3.42. The van der Waals surface area contributed by atoms with Gasteiger partial charge in [-0.15, -0.1) is 0 Å². The average molecular weight is 317 g/mol. The van der Waals surface area contributed by atoms with E-state index in [9.17, 15) is 0 Å². The first-order chi connectivity index (χ1) is 9.15. The fourth-order valence-corrected chi connectivity index (χ4v) is 3.08. The van der Waals surface area contributed by atoms with Crippen molar-refractivity contribution in [2.45, 2.75) is 31.2 Å². The number of nitrogens with two attached hydrogens (primary N) is 1. The maximum absolute atomic E-state index is 6.59. The third-order valence-corrected chi connectivity index (χ3v) is 4.34. The molecule has 0 saturated heterocycles. The van der Waals surface area contributed by atoms with Gasteiger partial charge in [0.1, 0.15) is 0 Å². The summed E-state index contributed by atoms with van der Waals surface area (Å²) in [6, 6.07) is 12.7. The van der Waals surface area contributed by atoms with E-state index in [1.807, 2.05) is 12.3 Å². The fraction of sp³-hybridized carbons (Fsp3) is 0.312. The minimum atomic E-state index is -0.158. The van der Waals surface area contributed by atoms with E-state index in [4.69, 9.17) is 5.73 Å². The quantitative estimate of drug-likeness (QED) is 0.923. The molecular weight excluding hydrogens is 300 g/mol. The number of aryl methyl sites for hydroxylation is 1. The molecule has 2 nitrogen and oxygen atoms in total. The van der Waals surface area contributed by atoms with Crippen LogP contribution in [-0.4, -0.2) is 10.5 Å². The summed E-state index contributed by atoms with van der Waals surface area (Å²) >= 11 is 3.41. The molecule has 0 saturated carbocycles. The van der Waals surface area contributed by atoms with Crippen molar-refractivity contribution in [1.29, 1.82) is 0 Å². The SMILES string of the molecule is NC1(Cc2ccc(Br)cn2)CCc2ccccc2C1. The van der Waals surface area contributed by atoms with E-state index in [0.717, 1.165) is 35.8 Å². The van der Waals surface area contributed by atoms with Gasteiger partial charge < -0.3 is 5.73 Å². The van der Waals surface area contributed by atoms with E-state index in [1.165, 1.54) is 11.1 Å². The Labute approximate surface area is 122 Å². The highest BCUT2D eigenvalue weighted by molar-refractivity contribution is 9.10. The summed E-state index contributed by atoms with van der Waals surface area (Å²) in [7, 11) is 0. The predicted octanol–water partition coefficient (Wildman–Crippen LogP) is 3.27. The molecule has 0 spiro atoms. The molecule has 1 aromatic carbocycles. The van der Waals surface area contributed by atoms with Crippen molar-refractivity contribution < 1.29 is 0 Å². The molecule has 1 heterocycles. The molecule has 1 atom stereocenters. The first kappa shape index (κ1) is 12.8. The Morgan fingerprint density at radius 2 is 1.95 bits per heavy atom. The van der Waals surface area contributed by atoms with Crippen LogP contribution in [0.15, 0.2) is 47.1 Å². The Morgan fingerprint density at radius 3 is 2.68 bits per heavy atom. The van der Waals surface area contributed by atoms with Crippen molar-refractivity contribution in [2.24, 2.45) is 5.73 Å². The molecule has 1 aliphatic rings. The van der Waals surface area contributed by atoms with Gasteiger partial charge in [-0.2, -0.15) is 0 Å². The Balaban J connectivity index is 1.80. The predicted molar refractivity (Wildman–Crippen MR) is 81.0 cm³/mol. The van der Waals surface area contributed by atoms with E-state index in [2.05, 4.69) is 51.2 Å². The first-order valence-electron chi connectivity index (χ1n) is 6.61. The minimum Gasteiger partial charge on any atom is -0.324 e. The van der Waals surface area contributed by atoms with Crippen LogP contribution in [0.1, 0.15) is 23.2 Å². The highest BCUT2D eigenvalue weighted by Gasteiger charge is 2.30. The molecule has 1 unspecified atom stereocenters. The molecule has 98 valence electrons. The van der Waals surface area contributed by atoms with Gasteiger partial charge >= 0.3 is 0 Å². The summed E-state index contributed by atoms with van der Waals surface area (Å²) in [5, 5.41) is 0. The third kappa shape index (κ3) is 2.88. The molecule has 2 aromatic rings. The normalized spacial score (nSPS) is 22.0. The number of aromatic nitrogens is 1. The second-order valence-corrected chi connectivity index (χ2v) is 6.37. The van der Waals surface area contributed by atoms with Gasteiger partial charge in [0, 0.05) is 28.3 Å². The number of rotatable bonds is 2. The number of halogens is 1. The molecule has 3 rings (SSSR count). The third-order valence-electron chi connectivity index (χ3n) is 3.87. The zero-order chi connectivity index (χ0) is 13.3. The highest BCUT2D eigenvalue weighted by Crippen LogP contribution is 2.29. The highest BCUT2D eigenvalue weighted by atomic mass is 79.9. The number of hydrogen-bond acceptors (Lipinski definition) is 2. The number of nitrogens with zero attached hydrogens (tertiary/aromatic N) is 1. The molecule has 1 aromatic heterocycles. The molecule has 3 heteroatoms.